The van der Waals surface area contributed by atoms with Crippen LogP contribution >= 0.6 is 11.6 Å². The lowest BCUT2D eigenvalue weighted by atomic mass is 10.1. The molecule has 1 N–H and O–H groups in total. The molecule has 0 radical (unpaired) electrons. The van der Waals surface area contributed by atoms with E-state index in [2.05, 4.69) is 10.3 Å². The molecule has 1 amide bonds. The van der Waals surface area contributed by atoms with Crippen LogP contribution in [0.25, 0.3) is 11.3 Å². The van der Waals surface area contributed by atoms with E-state index in [0.29, 0.717) is 28.8 Å². The highest BCUT2D eigenvalue weighted by molar-refractivity contribution is 6.33. The minimum Gasteiger partial charge on any atom is -0.441 e. The van der Waals surface area contributed by atoms with Gasteiger partial charge in [0, 0.05) is 38.2 Å². The average Bonchev–Trinajstić information content (AvgIpc) is 3.09. The predicted octanol–water partition coefficient (Wildman–Crippen LogP) is 4.94. The van der Waals surface area contributed by atoms with E-state index in [-0.39, 0.29) is 12.3 Å². The Bertz CT molecular complexity index is 933. The SMILES string of the molecule is Cc1ccc(-c2cnc(CCC(=O)Nc3ccc(N(C)C)c(Cl)c3)o2)cc1. The smallest absolute Gasteiger partial charge is 0.224 e. The highest BCUT2D eigenvalue weighted by Crippen LogP contribution is 2.27. The summed E-state index contributed by atoms with van der Waals surface area (Å²) in [6, 6.07) is 13.5. The van der Waals surface area contributed by atoms with E-state index in [1.54, 1.807) is 12.3 Å². The van der Waals surface area contributed by atoms with Gasteiger partial charge in [-0.2, -0.15) is 0 Å². The van der Waals surface area contributed by atoms with Gasteiger partial charge in [-0.05, 0) is 25.1 Å². The topological polar surface area (TPSA) is 58.4 Å². The molecule has 5 nitrogen and oxygen atoms in total. The molecule has 1 aromatic heterocycles. The van der Waals surface area contributed by atoms with Crippen molar-refractivity contribution >= 4 is 28.9 Å². The number of anilines is 2. The van der Waals surface area contributed by atoms with Crippen LogP contribution in [0.15, 0.2) is 53.1 Å². The van der Waals surface area contributed by atoms with E-state index in [4.69, 9.17) is 16.0 Å². The molecule has 0 aliphatic rings. The van der Waals surface area contributed by atoms with Gasteiger partial charge in [0.15, 0.2) is 11.7 Å². The number of oxazole rings is 1. The van der Waals surface area contributed by atoms with Crippen molar-refractivity contribution in [3.63, 3.8) is 0 Å². The molecule has 6 heteroatoms. The normalized spacial score (nSPS) is 10.7. The number of nitrogens with zero attached hydrogens (tertiary/aromatic N) is 2. The van der Waals surface area contributed by atoms with Crippen molar-refractivity contribution < 1.29 is 9.21 Å². The van der Waals surface area contributed by atoms with Gasteiger partial charge >= 0.3 is 0 Å². The lowest BCUT2D eigenvalue weighted by Gasteiger charge is -2.15. The lowest BCUT2D eigenvalue weighted by Crippen LogP contribution is -2.13. The zero-order chi connectivity index (χ0) is 19.4. The highest BCUT2D eigenvalue weighted by atomic mass is 35.5. The van der Waals surface area contributed by atoms with Crippen molar-refractivity contribution in [1.82, 2.24) is 4.98 Å². The number of hydrogen-bond acceptors (Lipinski definition) is 4. The fraction of sp³-hybridized carbons (Fsp3) is 0.238. The fourth-order valence-electron chi connectivity index (χ4n) is 2.67. The van der Waals surface area contributed by atoms with Crippen molar-refractivity contribution in [3.05, 3.63) is 65.1 Å². The molecule has 0 spiro atoms. The fourth-order valence-corrected chi connectivity index (χ4v) is 3.02. The number of benzene rings is 2. The third-order valence-electron chi connectivity index (χ3n) is 4.17. The van der Waals surface area contributed by atoms with Crippen LogP contribution in [0, 0.1) is 6.92 Å². The molecule has 27 heavy (non-hydrogen) atoms. The van der Waals surface area contributed by atoms with E-state index < -0.39 is 0 Å². The average molecular weight is 384 g/mol. The van der Waals surface area contributed by atoms with Gasteiger partial charge in [-0.1, -0.05) is 41.4 Å². The molecule has 3 aromatic rings. The molecule has 0 atom stereocenters. The van der Waals surface area contributed by atoms with E-state index >= 15 is 0 Å². The second-order valence-electron chi connectivity index (χ2n) is 6.59. The molecular formula is C21H22ClN3O2. The summed E-state index contributed by atoms with van der Waals surface area (Å²) in [7, 11) is 3.83. The van der Waals surface area contributed by atoms with Crippen molar-refractivity contribution in [2.75, 3.05) is 24.3 Å². The number of carbonyl (C=O) groups is 1. The van der Waals surface area contributed by atoms with Gasteiger partial charge in [-0.15, -0.1) is 0 Å². The van der Waals surface area contributed by atoms with Crippen LogP contribution in [0.5, 0.6) is 0 Å². The number of hydrogen-bond donors (Lipinski definition) is 1. The van der Waals surface area contributed by atoms with Crippen molar-refractivity contribution in [2.45, 2.75) is 19.8 Å². The van der Waals surface area contributed by atoms with Gasteiger partial charge in [0.25, 0.3) is 0 Å². The van der Waals surface area contributed by atoms with E-state index in [1.807, 2.05) is 62.3 Å². The number of nitrogens with one attached hydrogen (secondary N) is 1. The van der Waals surface area contributed by atoms with Gasteiger partial charge in [0.2, 0.25) is 5.91 Å². The molecule has 2 aromatic carbocycles. The predicted molar refractivity (Wildman–Crippen MR) is 109 cm³/mol. The molecule has 0 saturated carbocycles. The summed E-state index contributed by atoms with van der Waals surface area (Å²) >= 11 is 6.23. The summed E-state index contributed by atoms with van der Waals surface area (Å²) in [5.74, 6) is 1.14. The van der Waals surface area contributed by atoms with Crippen molar-refractivity contribution in [1.29, 1.82) is 0 Å². The number of halogens is 1. The first-order valence-electron chi connectivity index (χ1n) is 8.71. The summed E-state index contributed by atoms with van der Waals surface area (Å²) < 4.78 is 5.75. The lowest BCUT2D eigenvalue weighted by molar-refractivity contribution is -0.116. The number of aromatic nitrogens is 1. The van der Waals surface area contributed by atoms with Crippen LogP contribution in [-0.2, 0) is 11.2 Å². The Balaban J connectivity index is 1.56. The molecule has 0 fully saturated rings. The monoisotopic (exact) mass is 383 g/mol. The molecular weight excluding hydrogens is 362 g/mol. The zero-order valence-corrected chi connectivity index (χ0v) is 16.4. The summed E-state index contributed by atoms with van der Waals surface area (Å²) in [5.41, 5.74) is 3.73. The Morgan fingerprint density at radius 1 is 1.19 bits per heavy atom. The summed E-state index contributed by atoms with van der Waals surface area (Å²) in [5, 5.41) is 3.44. The van der Waals surface area contributed by atoms with Gasteiger partial charge in [0.05, 0.1) is 16.9 Å². The standard InChI is InChI=1S/C21H22ClN3O2/c1-14-4-6-15(7-5-14)19-13-23-21(27-19)11-10-20(26)24-16-8-9-18(25(2)3)17(22)12-16/h4-9,12-13H,10-11H2,1-3H3,(H,24,26). The molecule has 0 unspecified atom stereocenters. The minimum absolute atomic E-state index is 0.112. The van der Waals surface area contributed by atoms with E-state index in [1.165, 1.54) is 5.56 Å². The number of carbonyl (C=O) groups excluding carboxylic acids is 1. The summed E-state index contributed by atoms with van der Waals surface area (Å²) in [6.45, 7) is 2.04. The minimum atomic E-state index is -0.112. The molecule has 3 rings (SSSR count). The van der Waals surface area contributed by atoms with Gasteiger partial charge < -0.3 is 14.6 Å². The third-order valence-corrected chi connectivity index (χ3v) is 4.47. The van der Waals surface area contributed by atoms with Crippen LogP contribution in [0.2, 0.25) is 5.02 Å². The molecule has 0 aliphatic carbocycles. The van der Waals surface area contributed by atoms with Crippen LogP contribution in [-0.4, -0.2) is 25.0 Å². The first kappa shape index (κ1) is 19.0. The Labute approximate surface area is 164 Å². The molecule has 0 bridgehead atoms. The maximum atomic E-state index is 12.2. The van der Waals surface area contributed by atoms with Gasteiger partial charge in [-0.25, -0.2) is 4.98 Å². The quantitative estimate of drug-likeness (QED) is 0.654. The first-order chi connectivity index (χ1) is 12.9. The number of rotatable bonds is 6. The summed E-state index contributed by atoms with van der Waals surface area (Å²) in [6.07, 6.45) is 2.40. The van der Waals surface area contributed by atoms with E-state index in [0.717, 1.165) is 11.3 Å². The first-order valence-corrected chi connectivity index (χ1v) is 9.08. The Hall–Kier alpha value is -2.79. The molecule has 0 aliphatic heterocycles. The Morgan fingerprint density at radius 3 is 2.59 bits per heavy atom. The molecule has 0 saturated heterocycles. The summed E-state index contributed by atoms with van der Waals surface area (Å²) in [4.78, 5) is 18.4. The maximum absolute atomic E-state index is 12.2. The van der Waals surface area contributed by atoms with Gasteiger partial charge in [0.1, 0.15) is 0 Å². The van der Waals surface area contributed by atoms with Crippen molar-refractivity contribution in [3.8, 4) is 11.3 Å². The van der Waals surface area contributed by atoms with Crippen LogP contribution in [0.1, 0.15) is 17.9 Å². The van der Waals surface area contributed by atoms with E-state index in [9.17, 15) is 4.79 Å². The second kappa shape index (κ2) is 8.27. The zero-order valence-electron chi connectivity index (χ0n) is 15.6. The van der Waals surface area contributed by atoms with Crippen LogP contribution < -0.4 is 10.2 Å². The Morgan fingerprint density at radius 2 is 1.93 bits per heavy atom. The second-order valence-corrected chi connectivity index (χ2v) is 7.00. The largest absolute Gasteiger partial charge is 0.441 e. The number of amides is 1. The molecule has 140 valence electrons. The third kappa shape index (κ3) is 4.89. The van der Waals surface area contributed by atoms with Crippen LogP contribution in [0.3, 0.4) is 0 Å². The molecule has 1 heterocycles. The van der Waals surface area contributed by atoms with Crippen molar-refractivity contribution in [2.24, 2.45) is 0 Å². The number of aryl methyl sites for hydroxylation is 2. The van der Waals surface area contributed by atoms with Crippen LogP contribution in [0.4, 0.5) is 11.4 Å². The Kier molecular flexibility index (Phi) is 5.81. The highest BCUT2D eigenvalue weighted by Gasteiger charge is 2.10. The van der Waals surface area contributed by atoms with Gasteiger partial charge in [-0.3, -0.25) is 4.79 Å². The maximum Gasteiger partial charge on any atom is 0.224 e.